The molecule has 0 radical (unpaired) electrons. The van der Waals surface area contributed by atoms with Crippen molar-refractivity contribution in [2.24, 2.45) is 0 Å². The number of hydrogen-bond donors (Lipinski definition) is 0. The maximum atomic E-state index is 6.45. The quantitative estimate of drug-likeness (QED) is 0.152. The summed E-state index contributed by atoms with van der Waals surface area (Å²) in [7, 11) is 0. The molecule has 0 bridgehead atoms. The molecule has 2 heterocycles. The molecule has 2 heteroatoms. The van der Waals surface area contributed by atoms with Crippen LogP contribution in [0.2, 0.25) is 0 Å². The normalized spacial score (nSPS) is 18.4. The molecule has 1 aliphatic heterocycles. The molecule has 0 amide bonds. The highest BCUT2D eigenvalue weighted by atomic mass is 16.5. The van der Waals surface area contributed by atoms with E-state index in [1.165, 1.54) is 27.2 Å². The fraction of sp³-hybridized carbons (Fsp3) is 0.0714. The molecule has 0 spiro atoms. The van der Waals surface area contributed by atoms with Gasteiger partial charge in [0, 0.05) is 17.4 Å². The summed E-state index contributed by atoms with van der Waals surface area (Å²) in [5, 5.41) is 3.48. The number of rotatable bonds is 7. The Morgan fingerprint density at radius 1 is 0.552 bits per heavy atom. The third kappa shape index (κ3) is 8.94. The SMILES string of the molecule is C=C(/C=C\C(=C)c1ccccccccc1)\C1=c2/cccc/c2=C(\C2=C\C=C/COc3cc(-c4ccc5oc(-c6ccccc6)cc5c4)ccc3C2)C/C=C\C=C/C1. The topological polar surface area (TPSA) is 22.4 Å². The second-order valence-corrected chi connectivity index (χ2v) is 14.4. The van der Waals surface area contributed by atoms with E-state index in [-0.39, 0.29) is 0 Å². The zero-order valence-electron chi connectivity index (χ0n) is 32.7. The molecule has 0 N–H and O–H groups in total. The van der Waals surface area contributed by atoms with E-state index in [0.717, 1.165) is 80.7 Å². The molecule has 6 aromatic rings. The zero-order chi connectivity index (χ0) is 39.5. The average molecular weight is 751 g/mol. The Morgan fingerprint density at radius 2 is 1.21 bits per heavy atom. The van der Waals surface area contributed by atoms with Crippen LogP contribution in [0.3, 0.4) is 0 Å². The van der Waals surface area contributed by atoms with Crippen LogP contribution >= 0.6 is 0 Å². The van der Waals surface area contributed by atoms with Gasteiger partial charge in [0.15, 0.2) is 0 Å². The fourth-order valence-corrected chi connectivity index (χ4v) is 7.50. The first-order valence-corrected chi connectivity index (χ1v) is 19.9. The van der Waals surface area contributed by atoms with Crippen molar-refractivity contribution in [3.8, 4) is 28.2 Å². The van der Waals surface area contributed by atoms with Crippen molar-refractivity contribution >= 4 is 27.7 Å². The first-order chi connectivity index (χ1) is 28.6. The largest absolute Gasteiger partial charge is 0.489 e. The van der Waals surface area contributed by atoms with Crippen LogP contribution < -0.4 is 15.2 Å². The first-order valence-electron chi connectivity index (χ1n) is 19.9. The molecule has 5 aromatic carbocycles. The van der Waals surface area contributed by atoms with Crippen molar-refractivity contribution in [3.05, 3.63) is 252 Å². The van der Waals surface area contributed by atoms with E-state index in [9.17, 15) is 0 Å². The standard InChI is InChI=1S/C56H46O2/c1-41(43-21-11-6-4-3-5-7-12-22-43)30-31-42(2)50-26-15-8-9-16-27-51(53-29-18-17-28-52(50)53)47-25-19-20-36-57-55-39-46(32-33-48(55)38-47)45-34-35-54-49(37-45)40-56(58-54)44-23-13-10-14-24-44/h3-25,28-35,37,39-40H,1-2,26-27,36,38H2/b4-3?,5-3?,6-4?,7-5?,11-6?,12-7?,15-8-,16-9-,20-19-,21-11?,22-12?,31-30-,43-21?,43-22?,47-25+,52-50+,53-51+. The van der Waals surface area contributed by atoms with Gasteiger partial charge in [-0.3, -0.25) is 0 Å². The Labute approximate surface area is 341 Å². The van der Waals surface area contributed by atoms with E-state index >= 15 is 0 Å². The van der Waals surface area contributed by atoms with E-state index in [4.69, 9.17) is 9.15 Å². The predicted molar refractivity (Wildman–Crippen MR) is 245 cm³/mol. The second-order valence-electron chi connectivity index (χ2n) is 14.4. The van der Waals surface area contributed by atoms with Crippen molar-refractivity contribution < 1.29 is 9.15 Å². The molecule has 8 rings (SSSR count). The van der Waals surface area contributed by atoms with Crippen LogP contribution in [-0.4, -0.2) is 6.61 Å². The van der Waals surface area contributed by atoms with E-state index in [2.05, 4.69) is 159 Å². The zero-order valence-corrected chi connectivity index (χ0v) is 32.7. The van der Waals surface area contributed by atoms with Gasteiger partial charge in [0.25, 0.3) is 0 Å². The number of ether oxygens (including phenoxy) is 1. The Balaban J connectivity index is 1.15. The van der Waals surface area contributed by atoms with Gasteiger partial charge < -0.3 is 9.15 Å². The van der Waals surface area contributed by atoms with Gasteiger partial charge in [0.05, 0.1) is 0 Å². The van der Waals surface area contributed by atoms with Gasteiger partial charge in [-0.15, -0.1) is 0 Å². The predicted octanol–water partition coefficient (Wildman–Crippen LogP) is 13.0. The second kappa shape index (κ2) is 18.2. The lowest BCUT2D eigenvalue weighted by atomic mass is 9.89. The Kier molecular flexibility index (Phi) is 11.8. The maximum absolute atomic E-state index is 6.45. The van der Waals surface area contributed by atoms with Crippen LogP contribution in [0.25, 0.3) is 50.1 Å². The van der Waals surface area contributed by atoms with Crippen LogP contribution in [0.4, 0.5) is 0 Å². The monoisotopic (exact) mass is 750 g/mol. The van der Waals surface area contributed by atoms with Gasteiger partial charge in [-0.25, -0.2) is 0 Å². The molecule has 2 nitrogen and oxygen atoms in total. The number of hydrogen-bond acceptors (Lipinski definition) is 2. The lowest BCUT2D eigenvalue weighted by molar-refractivity contribution is 0.360. The summed E-state index contributed by atoms with van der Waals surface area (Å²) >= 11 is 0. The molecule has 282 valence electrons. The summed E-state index contributed by atoms with van der Waals surface area (Å²) in [6.07, 6.45) is 21.7. The summed E-state index contributed by atoms with van der Waals surface area (Å²) in [6, 6.07) is 52.5. The molecule has 2 aliphatic rings. The van der Waals surface area contributed by atoms with Crippen LogP contribution in [0.1, 0.15) is 24.0 Å². The van der Waals surface area contributed by atoms with E-state index in [1.807, 2.05) is 60.7 Å². The van der Waals surface area contributed by atoms with Gasteiger partial charge in [-0.05, 0) is 104 Å². The third-order valence-corrected chi connectivity index (χ3v) is 10.6. The van der Waals surface area contributed by atoms with Crippen molar-refractivity contribution in [1.82, 2.24) is 0 Å². The van der Waals surface area contributed by atoms with Gasteiger partial charge in [-0.2, -0.15) is 0 Å². The first kappa shape index (κ1) is 37.7. The Hall–Kier alpha value is -7.16. The Bertz CT molecular complexity index is 2810. The van der Waals surface area contributed by atoms with Crippen molar-refractivity contribution in [3.63, 3.8) is 0 Å². The highest BCUT2D eigenvalue weighted by Crippen LogP contribution is 2.35. The molecule has 1 aliphatic carbocycles. The van der Waals surface area contributed by atoms with Crippen molar-refractivity contribution in [1.29, 1.82) is 0 Å². The van der Waals surface area contributed by atoms with Crippen LogP contribution in [0, 0.1) is 0 Å². The van der Waals surface area contributed by atoms with Crippen molar-refractivity contribution in [2.45, 2.75) is 19.3 Å². The fourth-order valence-electron chi connectivity index (χ4n) is 7.50. The van der Waals surface area contributed by atoms with E-state index in [1.54, 1.807) is 0 Å². The van der Waals surface area contributed by atoms with Gasteiger partial charge in [-0.1, -0.05) is 189 Å². The number of benzene rings is 4. The summed E-state index contributed by atoms with van der Waals surface area (Å²) in [4.78, 5) is 0. The van der Waals surface area contributed by atoms with Gasteiger partial charge in [0.2, 0.25) is 0 Å². The van der Waals surface area contributed by atoms with Crippen LogP contribution in [0.15, 0.2) is 235 Å². The number of allylic oxidation sites excluding steroid dienone is 11. The molecule has 0 unspecified atom stereocenters. The summed E-state index contributed by atoms with van der Waals surface area (Å²) in [6.45, 7) is 9.50. The molecule has 0 saturated carbocycles. The minimum Gasteiger partial charge on any atom is -0.489 e. The Morgan fingerprint density at radius 3 is 2.02 bits per heavy atom. The minimum atomic E-state index is 0.490. The smallest absolute Gasteiger partial charge is 0.135 e. The highest BCUT2D eigenvalue weighted by molar-refractivity contribution is 5.87. The maximum Gasteiger partial charge on any atom is 0.135 e. The lowest BCUT2D eigenvalue weighted by Gasteiger charge is -2.16. The van der Waals surface area contributed by atoms with E-state index < -0.39 is 0 Å². The van der Waals surface area contributed by atoms with Crippen LogP contribution in [0.5, 0.6) is 5.75 Å². The lowest BCUT2D eigenvalue weighted by Crippen LogP contribution is -2.30. The van der Waals surface area contributed by atoms with Gasteiger partial charge >= 0.3 is 0 Å². The molecule has 0 saturated heterocycles. The molecule has 0 atom stereocenters. The third-order valence-electron chi connectivity index (χ3n) is 10.6. The summed E-state index contributed by atoms with van der Waals surface area (Å²) < 4.78 is 12.7. The summed E-state index contributed by atoms with van der Waals surface area (Å²) in [5.41, 5.74) is 12.0. The highest BCUT2D eigenvalue weighted by Gasteiger charge is 2.16. The number of furan rings is 1. The molecule has 58 heavy (non-hydrogen) atoms. The summed E-state index contributed by atoms with van der Waals surface area (Å²) in [5.74, 6) is 1.77. The van der Waals surface area contributed by atoms with Crippen LogP contribution in [-0.2, 0) is 6.42 Å². The number of fused-ring (bicyclic) bond motifs is 3. The average Bonchev–Trinajstić information content (AvgIpc) is 3.73. The van der Waals surface area contributed by atoms with Crippen molar-refractivity contribution in [2.75, 3.05) is 6.61 Å². The minimum absolute atomic E-state index is 0.490. The molecular weight excluding hydrogens is 705 g/mol. The molecular formula is C56H46O2. The molecule has 1 aromatic heterocycles. The van der Waals surface area contributed by atoms with Gasteiger partial charge in [0.1, 0.15) is 23.7 Å². The van der Waals surface area contributed by atoms with E-state index in [0.29, 0.717) is 6.61 Å². The molecule has 0 fully saturated rings.